The Morgan fingerprint density at radius 1 is 1.09 bits per heavy atom. The van der Waals surface area contributed by atoms with Crippen molar-refractivity contribution in [3.63, 3.8) is 0 Å². The van der Waals surface area contributed by atoms with E-state index < -0.39 is 12.8 Å². The van der Waals surface area contributed by atoms with Crippen LogP contribution in [-0.4, -0.2) is 61.1 Å². The lowest BCUT2D eigenvalue weighted by molar-refractivity contribution is -0.119. The van der Waals surface area contributed by atoms with E-state index in [1.807, 2.05) is 0 Å². The molecule has 1 aromatic rings. The van der Waals surface area contributed by atoms with Crippen LogP contribution in [0.4, 0.5) is 13.2 Å². The number of halogens is 3. The first-order valence-electron chi connectivity index (χ1n) is 6.69. The van der Waals surface area contributed by atoms with Gasteiger partial charge in [0.25, 0.3) is 12.3 Å². The van der Waals surface area contributed by atoms with Gasteiger partial charge in [-0.1, -0.05) is 0 Å². The van der Waals surface area contributed by atoms with Gasteiger partial charge in [-0.15, -0.1) is 0 Å². The molecule has 5 nitrogen and oxygen atoms in total. The minimum atomic E-state index is -3.23. The standard InChI is InChI=1S/C14H15F3N2O3/c15-12(16)13(17)22-11-3-1-10(2-4-11)14(21)19-7-5-18(9-20)6-8-19/h1-4,9,12-13H,5-8H2. The van der Waals surface area contributed by atoms with Gasteiger partial charge in [-0.3, -0.25) is 9.59 Å². The third-order valence-electron chi connectivity index (χ3n) is 3.30. The maximum atomic E-state index is 12.8. The zero-order chi connectivity index (χ0) is 16.1. The van der Waals surface area contributed by atoms with Crippen LogP contribution in [-0.2, 0) is 4.79 Å². The number of carbonyl (C=O) groups excluding carboxylic acids is 2. The van der Waals surface area contributed by atoms with Crippen LogP contribution < -0.4 is 4.74 Å². The first-order valence-corrected chi connectivity index (χ1v) is 6.69. The van der Waals surface area contributed by atoms with Crippen LogP contribution in [0.25, 0.3) is 0 Å². The van der Waals surface area contributed by atoms with Gasteiger partial charge in [-0.25, -0.2) is 8.78 Å². The monoisotopic (exact) mass is 316 g/mol. The van der Waals surface area contributed by atoms with E-state index in [0.29, 0.717) is 31.7 Å². The third kappa shape index (κ3) is 3.90. The molecule has 1 aliphatic heterocycles. The van der Waals surface area contributed by atoms with Crippen molar-refractivity contribution in [1.29, 1.82) is 0 Å². The van der Waals surface area contributed by atoms with Gasteiger partial charge in [0.15, 0.2) is 0 Å². The van der Waals surface area contributed by atoms with Crippen LogP contribution in [0.15, 0.2) is 24.3 Å². The average Bonchev–Trinajstić information content (AvgIpc) is 2.55. The van der Waals surface area contributed by atoms with Crippen molar-refractivity contribution in [3.05, 3.63) is 29.8 Å². The van der Waals surface area contributed by atoms with Crippen LogP contribution >= 0.6 is 0 Å². The number of benzene rings is 1. The van der Waals surface area contributed by atoms with Crippen LogP contribution in [0.1, 0.15) is 10.4 Å². The highest BCUT2D eigenvalue weighted by molar-refractivity contribution is 5.94. The predicted molar refractivity (Wildman–Crippen MR) is 71.5 cm³/mol. The van der Waals surface area contributed by atoms with Crippen LogP contribution in [0.5, 0.6) is 5.75 Å². The van der Waals surface area contributed by atoms with Crippen molar-refractivity contribution in [2.24, 2.45) is 0 Å². The van der Waals surface area contributed by atoms with Gasteiger partial charge < -0.3 is 14.5 Å². The Hall–Kier alpha value is -2.25. The van der Waals surface area contributed by atoms with Gasteiger partial charge in [0.2, 0.25) is 6.41 Å². The van der Waals surface area contributed by atoms with Gasteiger partial charge in [-0.2, -0.15) is 4.39 Å². The van der Waals surface area contributed by atoms with E-state index in [9.17, 15) is 22.8 Å². The molecule has 8 heteroatoms. The summed E-state index contributed by atoms with van der Waals surface area (Å²) < 4.78 is 41.2. The van der Waals surface area contributed by atoms with Gasteiger partial charge in [0, 0.05) is 31.7 Å². The molecular formula is C14H15F3N2O3. The molecule has 0 aromatic heterocycles. The lowest BCUT2D eigenvalue weighted by Crippen LogP contribution is -2.48. The highest BCUT2D eigenvalue weighted by Crippen LogP contribution is 2.18. The number of alkyl halides is 3. The molecule has 1 heterocycles. The first kappa shape index (κ1) is 16.1. The molecule has 1 aromatic carbocycles. The number of piperazine rings is 1. The Balaban J connectivity index is 1.95. The van der Waals surface area contributed by atoms with Crippen molar-refractivity contribution in [2.75, 3.05) is 26.2 Å². The molecule has 0 bridgehead atoms. The summed E-state index contributed by atoms with van der Waals surface area (Å²) in [4.78, 5) is 26.0. The molecule has 0 N–H and O–H groups in total. The quantitative estimate of drug-likeness (QED) is 0.774. The summed E-state index contributed by atoms with van der Waals surface area (Å²) >= 11 is 0. The zero-order valence-corrected chi connectivity index (χ0v) is 11.6. The summed E-state index contributed by atoms with van der Waals surface area (Å²) in [5, 5.41) is 0. The van der Waals surface area contributed by atoms with E-state index in [0.717, 1.165) is 6.41 Å². The Kier molecular flexibility index (Phi) is 5.24. The summed E-state index contributed by atoms with van der Waals surface area (Å²) in [6.45, 7) is 1.78. The van der Waals surface area contributed by atoms with E-state index in [4.69, 9.17) is 0 Å². The number of rotatable bonds is 5. The fourth-order valence-electron chi connectivity index (χ4n) is 2.07. The molecule has 0 spiro atoms. The maximum Gasteiger partial charge on any atom is 0.304 e. The fraction of sp³-hybridized carbons (Fsp3) is 0.429. The van der Waals surface area contributed by atoms with E-state index in [-0.39, 0.29) is 11.7 Å². The number of nitrogens with zero attached hydrogens (tertiary/aromatic N) is 2. The van der Waals surface area contributed by atoms with Crippen molar-refractivity contribution in [3.8, 4) is 5.75 Å². The summed E-state index contributed by atoms with van der Waals surface area (Å²) in [5.41, 5.74) is 0.347. The lowest BCUT2D eigenvalue weighted by Gasteiger charge is -2.32. The van der Waals surface area contributed by atoms with Crippen LogP contribution in [0, 0.1) is 0 Å². The largest absolute Gasteiger partial charge is 0.454 e. The molecule has 0 aliphatic carbocycles. The van der Waals surface area contributed by atoms with Gasteiger partial charge in [0.1, 0.15) is 5.75 Å². The van der Waals surface area contributed by atoms with Crippen LogP contribution in [0.3, 0.4) is 0 Å². The Morgan fingerprint density at radius 3 is 2.18 bits per heavy atom. The van der Waals surface area contributed by atoms with E-state index in [1.54, 1.807) is 9.80 Å². The number of ether oxygens (including phenoxy) is 1. The Morgan fingerprint density at radius 2 is 1.68 bits per heavy atom. The Bertz CT molecular complexity index is 517. The zero-order valence-electron chi connectivity index (χ0n) is 11.6. The molecular weight excluding hydrogens is 301 g/mol. The summed E-state index contributed by atoms with van der Waals surface area (Å²) in [6, 6.07) is 5.32. The molecule has 0 saturated carbocycles. The Labute approximate surface area is 125 Å². The topological polar surface area (TPSA) is 49.9 Å². The second-order valence-corrected chi connectivity index (χ2v) is 4.76. The molecule has 2 amide bonds. The van der Waals surface area contributed by atoms with E-state index in [1.165, 1.54) is 24.3 Å². The van der Waals surface area contributed by atoms with Gasteiger partial charge in [-0.05, 0) is 24.3 Å². The lowest BCUT2D eigenvalue weighted by atomic mass is 10.1. The number of hydrogen-bond acceptors (Lipinski definition) is 3. The SMILES string of the molecule is O=CN1CCN(C(=O)c2ccc(OC(F)C(F)F)cc2)CC1. The number of amides is 2. The molecule has 1 saturated heterocycles. The second kappa shape index (κ2) is 7.15. The molecule has 2 rings (SSSR count). The molecule has 1 unspecified atom stereocenters. The van der Waals surface area contributed by atoms with E-state index >= 15 is 0 Å². The highest BCUT2D eigenvalue weighted by Gasteiger charge is 2.23. The highest BCUT2D eigenvalue weighted by atomic mass is 19.3. The normalized spacial score (nSPS) is 16.5. The summed E-state index contributed by atoms with van der Waals surface area (Å²) in [5.74, 6) is -0.308. The van der Waals surface area contributed by atoms with E-state index in [2.05, 4.69) is 4.74 Å². The fourth-order valence-corrected chi connectivity index (χ4v) is 2.07. The predicted octanol–water partition coefficient (Wildman–Crippen LogP) is 1.54. The summed E-state index contributed by atoms with van der Waals surface area (Å²) in [7, 11) is 0. The third-order valence-corrected chi connectivity index (χ3v) is 3.30. The molecule has 22 heavy (non-hydrogen) atoms. The first-order chi connectivity index (χ1) is 10.5. The molecule has 1 fully saturated rings. The van der Waals surface area contributed by atoms with Gasteiger partial charge >= 0.3 is 6.43 Å². The maximum absolute atomic E-state index is 12.8. The minimum Gasteiger partial charge on any atom is -0.454 e. The van der Waals surface area contributed by atoms with Crippen LogP contribution in [0.2, 0.25) is 0 Å². The molecule has 0 radical (unpaired) electrons. The van der Waals surface area contributed by atoms with Crippen molar-refractivity contribution in [2.45, 2.75) is 12.8 Å². The molecule has 1 aliphatic rings. The van der Waals surface area contributed by atoms with Crippen molar-refractivity contribution >= 4 is 12.3 Å². The average molecular weight is 316 g/mol. The van der Waals surface area contributed by atoms with Crippen molar-refractivity contribution in [1.82, 2.24) is 9.80 Å². The van der Waals surface area contributed by atoms with Gasteiger partial charge in [0.05, 0.1) is 0 Å². The minimum absolute atomic E-state index is 0.0740. The number of hydrogen-bond donors (Lipinski definition) is 0. The molecule has 1 atom stereocenters. The van der Waals surface area contributed by atoms with Crippen molar-refractivity contribution < 1.29 is 27.5 Å². The molecule has 120 valence electrons. The number of carbonyl (C=O) groups is 2. The second-order valence-electron chi connectivity index (χ2n) is 4.76. The smallest absolute Gasteiger partial charge is 0.304 e. The summed E-state index contributed by atoms with van der Waals surface area (Å²) in [6.07, 6.45) is -5.18.